The van der Waals surface area contributed by atoms with Crippen LogP contribution in [0.1, 0.15) is 10.4 Å². The predicted octanol–water partition coefficient (Wildman–Crippen LogP) is 2.67. The quantitative estimate of drug-likeness (QED) is 0.866. The highest BCUT2D eigenvalue weighted by atomic mass is 16.5. The number of methoxy groups -OCH3 is 2. The molecule has 2 aromatic rings. The minimum Gasteiger partial charge on any atom is -0.496 e. The molecule has 2 aromatic carbocycles. The van der Waals surface area contributed by atoms with Crippen molar-refractivity contribution in [2.24, 2.45) is 0 Å². The number of hydrogen-bond donors (Lipinski definition) is 0. The number of ether oxygens (including phenoxy) is 2. The van der Waals surface area contributed by atoms with Crippen LogP contribution in [0.3, 0.4) is 0 Å². The number of anilines is 1. The molecule has 1 saturated heterocycles. The van der Waals surface area contributed by atoms with E-state index in [1.54, 1.807) is 14.2 Å². The van der Waals surface area contributed by atoms with Gasteiger partial charge in [0.2, 0.25) is 0 Å². The second-order valence-electron chi connectivity index (χ2n) is 5.65. The normalized spacial score (nSPS) is 14.4. The van der Waals surface area contributed by atoms with Crippen molar-refractivity contribution >= 4 is 11.6 Å². The zero-order valence-electron chi connectivity index (χ0n) is 14.1. The monoisotopic (exact) mass is 326 g/mol. The van der Waals surface area contributed by atoms with Crippen molar-refractivity contribution in [2.45, 2.75) is 0 Å². The van der Waals surface area contributed by atoms with Gasteiger partial charge in [-0.2, -0.15) is 0 Å². The Morgan fingerprint density at radius 2 is 1.42 bits per heavy atom. The van der Waals surface area contributed by atoms with Crippen LogP contribution in [0.4, 0.5) is 5.69 Å². The second-order valence-corrected chi connectivity index (χ2v) is 5.65. The molecule has 5 heteroatoms. The molecule has 0 aromatic heterocycles. The minimum atomic E-state index is 0.0205. The van der Waals surface area contributed by atoms with Gasteiger partial charge < -0.3 is 19.3 Å². The number of benzene rings is 2. The van der Waals surface area contributed by atoms with Crippen molar-refractivity contribution in [1.82, 2.24) is 4.90 Å². The molecule has 0 N–H and O–H groups in total. The lowest BCUT2D eigenvalue weighted by molar-refractivity contribution is 0.0743. The number of carbonyl (C=O) groups is 1. The molecule has 1 heterocycles. The number of nitrogens with zero attached hydrogens (tertiary/aromatic N) is 2. The van der Waals surface area contributed by atoms with Crippen LogP contribution in [0.25, 0.3) is 0 Å². The van der Waals surface area contributed by atoms with Gasteiger partial charge in [0.15, 0.2) is 0 Å². The van der Waals surface area contributed by atoms with E-state index in [0.29, 0.717) is 24.4 Å². The molecular weight excluding hydrogens is 304 g/mol. The Kier molecular flexibility index (Phi) is 4.89. The molecule has 0 radical (unpaired) electrons. The number of amides is 1. The third-order valence-electron chi connectivity index (χ3n) is 4.33. The molecule has 126 valence electrons. The fraction of sp³-hybridized carbons (Fsp3) is 0.316. The summed E-state index contributed by atoms with van der Waals surface area (Å²) in [6.45, 7) is 2.91. The molecule has 0 spiro atoms. The summed E-state index contributed by atoms with van der Waals surface area (Å²) in [5.74, 6) is 1.50. The highest BCUT2D eigenvalue weighted by molar-refractivity contribution is 5.97. The largest absolute Gasteiger partial charge is 0.496 e. The Labute approximate surface area is 142 Å². The summed E-state index contributed by atoms with van der Waals surface area (Å²) in [5.41, 5.74) is 1.69. The maximum absolute atomic E-state index is 12.7. The van der Waals surface area contributed by atoms with Crippen molar-refractivity contribution in [2.75, 3.05) is 45.3 Å². The molecule has 1 amide bonds. The first-order valence-corrected chi connectivity index (χ1v) is 8.05. The lowest BCUT2D eigenvalue weighted by Crippen LogP contribution is -2.48. The van der Waals surface area contributed by atoms with Crippen LogP contribution in [0.5, 0.6) is 11.5 Å². The fourth-order valence-electron chi connectivity index (χ4n) is 3.03. The molecule has 24 heavy (non-hydrogen) atoms. The molecule has 1 aliphatic heterocycles. The van der Waals surface area contributed by atoms with Gasteiger partial charge in [-0.1, -0.05) is 24.3 Å². The Morgan fingerprint density at radius 1 is 0.833 bits per heavy atom. The Balaban J connectivity index is 1.70. The van der Waals surface area contributed by atoms with Crippen molar-refractivity contribution < 1.29 is 14.3 Å². The van der Waals surface area contributed by atoms with Gasteiger partial charge >= 0.3 is 0 Å². The van der Waals surface area contributed by atoms with E-state index in [1.165, 1.54) is 0 Å². The fourth-order valence-corrected chi connectivity index (χ4v) is 3.03. The molecular formula is C19H22N2O3. The third kappa shape index (κ3) is 3.15. The van der Waals surface area contributed by atoms with Crippen molar-refractivity contribution in [1.29, 1.82) is 0 Å². The standard InChI is InChI=1S/C19H22N2O3/c1-23-17-9-5-3-7-15(17)19(22)21-13-11-20(12-14-21)16-8-4-6-10-18(16)24-2/h3-10H,11-14H2,1-2H3. The van der Waals surface area contributed by atoms with Gasteiger partial charge in [-0.05, 0) is 24.3 Å². The average molecular weight is 326 g/mol. The van der Waals surface area contributed by atoms with Gasteiger partial charge in [-0.15, -0.1) is 0 Å². The number of carbonyl (C=O) groups excluding carboxylic acids is 1. The maximum atomic E-state index is 12.7. The summed E-state index contributed by atoms with van der Waals surface area (Å²) in [6.07, 6.45) is 0. The second kappa shape index (κ2) is 7.25. The van der Waals surface area contributed by atoms with E-state index in [9.17, 15) is 4.79 Å². The minimum absolute atomic E-state index is 0.0205. The van der Waals surface area contributed by atoms with E-state index in [2.05, 4.69) is 11.0 Å². The molecule has 0 unspecified atom stereocenters. The molecule has 5 nitrogen and oxygen atoms in total. The molecule has 0 atom stereocenters. The van der Waals surface area contributed by atoms with Gasteiger partial charge in [0, 0.05) is 26.2 Å². The summed E-state index contributed by atoms with van der Waals surface area (Å²) in [7, 11) is 3.27. The molecule has 0 saturated carbocycles. The third-order valence-corrected chi connectivity index (χ3v) is 4.33. The summed E-state index contributed by atoms with van der Waals surface area (Å²) >= 11 is 0. The maximum Gasteiger partial charge on any atom is 0.257 e. The number of piperazine rings is 1. The zero-order valence-corrected chi connectivity index (χ0v) is 14.1. The van der Waals surface area contributed by atoms with E-state index in [4.69, 9.17) is 9.47 Å². The Bertz CT molecular complexity index is 709. The predicted molar refractivity (Wildman–Crippen MR) is 94.1 cm³/mol. The summed E-state index contributed by atoms with van der Waals surface area (Å²) in [6, 6.07) is 15.3. The topological polar surface area (TPSA) is 42.0 Å². The average Bonchev–Trinajstić information content (AvgIpc) is 2.67. The van der Waals surface area contributed by atoms with E-state index in [-0.39, 0.29) is 5.91 Å². The summed E-state index contributed by atoms with van der Waals surface area (Å²) < 4.78 is 10.7. The summed E-state index contributed by atoms with van der Waals surface area (Å²) in [4.78, 5) is 16.9. The van der Waals surface area contributed by atoms with Crippen molar-refractivity contribution in [3.8, 4) is 11.5 Å². The van der Waals surface area contributed by atoms with Crippen LogP contribution < -0.4 is 14.4 Å². The smallest absolute Gasteiger partial charge is 0.257 e. The highest BCUT2D eigenvalue weighted by Gasteiger charge is 2.25. The zero-order chi connectivity index (χ0) is 16.9. The van der Waals surface area contributed by atoms with Crippen LogP contribution in [-0.2, 0) is 0 Å². The number of hydrogen-bond acceptors (Lipinski definition) is 4. The number of rotatable bonds is 4. The van der Waals surface area contributed by atoms with Crippen LogP contribution in [0.15, 0.2) is 48.5 Å². The Morgan fingerprint density at radius 3 is 2.08 bits per heavy atom. The van der Waals surface area contributed by atoms with E-state index in [0.717, 1.165) is 24.5 Å². The van der Waals surface area contributed by atoms with Crippen LogP contribution >= 0.6 is 0 Å². The van der Waals surface area contributed by atoms with Crippen LogP contribution in [0, 0.1) is 0 Å². The molecule has 0 bridgehead atoms. The van der Waals surface area contributed by atoms with Crippen LogP contribution in [-0.4, -0.2) is 51.2 Å². The first kappa shape index (κ1) is 16.2. The Hall–Kier alpha value is -2.69. The van der Waals surface area contributed by atoms with E-state index >= 15 is 0 Å². The SMILES string of the molecule is COc1ccccc1C(=O)N1CCN(c2ccccc2OC)CC1. The van der Waals surface area contributed by atoms with Crippen molar-refractivity contribution in [3.05, 3.63) is 54.1 Å². The van der Waals surface area contributed by atoms with E-state index < -0.39 is 0 Å². The summed E-state index contributed by atoms with van der Waals surface area (Å²) in [5, 5.41) is 0. The molecule has 0 aliphatic carbocycles. The molecule has 1 aliphatic rings. The van der Waals surface area contributed by atoms with Gasteiger partial charge in [0.05, 0.1) is 25.5 Å². The van der Waals surface area contributed by atoms with Crippen LogP contribution in [0.2, 0.25) is 0 Å². The van der Waals surface area contributed by atoms with Crippen molar-refractivity contribution in [3.63, 3.8) is 0 Å². The van der Waals surface area contributed by atoms with Gasteiger partial charge in [-0.25, -0.2) is 0 Å². The molecule has 3 rings (SSSR count). The number of para-hydroxylation sites is 3. The van der Waals surface area contributed by atoms with Gasteiger partial charge in [0.25, 0.3) is 5.91 Å². The van der Waals surface area contributed by atoms with E-state index in [1.807, 2.05) is 47.4 Å². The van der Waals surface area contributed by atoms with Gasteiger partial charge in [0.1, 0.15) is 11.5 Å². The molecule has 1 fully saturated rings. The lowest BCUT2D eigenvalue weighted by Gasteiger charge is -2.36. The highest BCUT2D eigenvalue weighted by Crippen LogP contribution is 2.29. The first-order valence-electron chi connectivity index (χ1n) is 8.05. The lowest BCUT2D eigenvalue weighted by atomic mass is 10.1. The first-order chi connectivity index (χ1) is 11.7. The van der Waals surface area contributed by atoms with Gasteiger partial charge in [-0.3, -0.25) is 4.79 Å².